The monoisotopic (exact) mass is 343 g/mol. The van der Waals surface area contributed by atoms with E-state index in [1.54, 1.807) is 0 Å². The molecule has 3 rings (SSSR count). The standard InChI is InChI=1S/C13H18ClN5O2S/c1-17-12-4-2-3-10(14)13(12)11(16-17)9-18-5-7-19(8-6-18)22(15,20)21/h2-4H,5-9H2,1H3,(H2,15,20,21). The van der Waals surface area contributed by atoms with Gasteiger partial charge in [-0.25, -0.2) is 5.14 Å². The van der Waals surface area contributed by atoms with Crippen molar-refractivity contribution in [3.05, 3.63) is 28.9 Å². The van der Waals surface area contributed by atoms with Crippen LogP contribution < -0.4 is 5.14 Å². The maximum Gasteiger partial charge on any atom is 0.276 e. The number of nitrogens with zero attached hydrogens (tertiary/aromatic N) is 4. The molecule has 0 spiro atoms. The van der Waals surface area contributed by atoms with E-state index < -0.39 is 10.2 Å². The molecule has 2 aromatic rings. The van der Waals surface area contributed by atoms with Crippen LogP contribution in [-0.2, 0) is 23.8 Å². The van der Waals surface area contributed by atoms with Gasteiger partial charge < -0.3 is 0 Å². The Labute approximate surface area is 134 Å². The van der Waals surface area contributed by atoms with Gasteiger partial charge in [0.2, 0.25) is 0 Å². The predicted molar refractivity (Wildman–Crippen MR) is 85.7 cm³/mol. The summed E-state index contributed by atoms with van der Waals surface area (Å²) in [7, 11) is -1.70. The third-order valence-electron chi connectivity index (χ3n) is 3.96. The summed E-state index contributed by atoms with van der Waals surface area (Å²) in [6.45, 7) is 2.69. The zero-order chi connectivity index (χ0) is 15.9. The van der Waals surface area contributed by atoms with Crippen molar-refractivity contribution >= 4 is 32.7 Å². The van der Waals surface area contributed by atoms with Crippen molar-refractivity contribution in [3.63, 3.8) is 0 Å². The zero-order valence-electron chi connectivity index (χ0n) is 12.2. The Bertz CT molecular complexity index is 796. The van der Waals surface area contributed by atoms with Gasteiger partial charge in [0.15, 0.2) is 0 Å². The molecule has 120 valence electrons. The molecule has 1 fully saturated rings. The molecule has 2 N–H and O–H groups in total. The fraction of sp³-hybridized carbons (Fsp3) is 0.462. The van der Waals surface area contributed by atoms with Crippen LogP contribution in [0.15, 0.2) is 18.2 Å². The number of benzene rings is 1. The maximum absolute atomic E-state index is 11.3. The highest BCUT2D eigenvalue weighted by Gasteiger charge is 2.25. The minimum atomic E-state index is -3.59. The Morgan fingerprint density at radius 1 is 1.27 bits per heavy atom. The van der Waals surface area contributed by atoms with Crippen LogP contribution in [0.25, 0.3) is 10.9 Å². The molecule has 0 atom stereocenters. The van der Waals surface area contributed by atoms with Crippen molar-refractivity contribution in [3.8, 4) is 0 Å². The summed E-state index contributed by atoms with van der Waals surface area (Å²) in [4.78, 5) is 2.16. The lowest BCUT2D eigenvalue weighted by Gasteiger charge is -2.32. The van der Waals surface area contributed by atoms with Gasteiger partial charge in [0.1, 0.15) is 0 Å². The molecule has 1 saturated heterocycles. The Hall–Kier alpha value is -1.19. The second-order valence-corrected chi connectivity index (χ2v) is 7.38. The maximum atomic E-state index is 11.3. The van der Waals surface area contributed by atoms with E-state index in [2.05, 4.69) is 10.00 Å². The molecule has 2 heterocycles. The van der Waals surface area contributed by atoms with Crippen molar-refractivity contribution in [2.24, 2.45) is 12.2 Å². The summed E-state index contributed by atoms with van der Waals surface area (Å²) in [5, 5.41) is 11.3. The van der Waals surface area contributed by atoms with Gasteiger partial charge in [-0.05, 0) is 12.1 Å². The first-order chi connectivity index (χ1) is 10.4. The molecule has 0 saturated carbocycles. The van der Waals surface area contributed by atoms with Crippen LogP contribution in [0, 0.1) is 0 Å². The first-order valence-corrected chi connectivity index (χ1v) is 8.84. The van der Waals surface area contributed by atoms with Crippen molar-refractivity contribution in [1.29, 1.82) is 0 Å². The number of nitrogens with two attached hydrogens (primary N) is 1. The van der Waals surface area contributed by atoms with Crippen molar-refractivity contribution < 1.29 is 8.42 Å². The van der Waals surface area contributed by atoms with Gasteiger partial charge in [0.25, 0.3) is 10.2 Å². The molecule has 9 heteroatoms. The minimum Gasteiger partial charge on any atom is -0.295 e. The average Bonchev–Trinajstić information content (AvgIpc) is 2.76. The van der Waals surface area contributed by atoms with Gasteiger partial charge >= 0.3 is 0 Å². The van der Waals surface area contributed by atoms with Gasteiger partial charge in [-0.15, -0.1) is 0 Å². The predicted octanol–water partition coefficient (Wildman–Crippen LogP) is 0.548. The highest BCUT2D eigenvalue weighted by Crippen LogP contribution is 2.27. The molecule has 0 radical (unpaired) electrons. The molecule has 0 bridgehead atoms. The van der Waals surface area contributed by atoms with E-state index >= 15 is 0 Å². The quantitative estimate of drug-likeness (QED) is 0.882. The summed E-state index contributed by atoms with van der Waals surface area (Å²) < 4.78 is 25.8. The highest BCUT2D eigenvalue weighted by molar-refractivity contribution is 7.86. The van der Waals surface area contributed by atoms with E-state index in [-0.39, 0.29) is 0 Å². The number of hydrogen-bond donors (Lipinski definition) is 1. The normalized spacial score (nSPS) is 18.1. The fourth-order valence-corrected chi connectivity index (χ4v) is 3.77. The van der Waals surface area contributed by atoms with Crippen LogP contribution in [0.2, 0.25) is 5.02 Å². The van der Waals surface area contributed by atoms with Crippen LogP contribution in [0.5, 0.6) is 0 Å². The molecule has 22 heavy (non-hydrogen) atoms. The van der Waals surface area contributed by atoms with Crippen LogP contribution in [0.1, 0.15) is 5.69 Å². The van der Waals surface area contributed by atoms with Gasteiger partial charge in [0, 0.05) is 45.2 Å². The van der Waals surface area contributed by atoms with Crippen LogP contribution >= 0.6 is 11.6 Å². The lowest BCUT2D eigenvalue weighted by atomic mass is 10.2. The zero-order valence-corrected chi connectivity index (χ0v) is 13.8. The number of hydrogen-bond acceptors (Lipinski definition) is 4. The molecule has 1 aliphatic heterocycles. The van der Waals surface area contributed by atoms with Crippen LogP contribution in [0.3, 0.4) is 0 Å². The second kappa shape index (κ2) is 5.78. The van der Waals surface area contributed by atoms with Crippen LogP contribution in [0.4, 0.5) is 0 Å². The molecule has 1 aromatic carbocycles. The topological polar surface area (TPSA) is 84.5 Å². The van der Waals surface area contributed by atoms with E-state index in [0.29, 0.717) is 37.7 Å². The molecular formula is C13H18ClN5O2S. The van der Waals surface area contributed by atoms with E-state index in [1.807, 2.05) is 29.9 Å². The Morgan fingerprint density at radius 2 is 1.95 bits per heavy atom. The molecule has 0 unspecified atom stereocenters. The first kappa shape index (κ1) is 15.7. The first-order valence-electron chi connectivity index (χ1n) is 6.96. The number of fused-ring (bicyclic) bond motifs is 1. The molecule has 0 aliphatic carbocycles. The van der Waals surface area contributed by atoms with Crippen LogP contribution in [-0.4, -0.2) is 53.6 Å². The Balaban J connectivity index is 1.78. The lowest BCUT2D eigenvalue weighted by Crippen LogP contribution is -2.50. The van der Waals surface area contributed by atoms with E-state index in [4.69, 9.17) is 16.7 Å². The van der Waals surface area contributed by atoms with Gasteiger partial charge in [-0.1, -0.05) is 17.7 Å². The summed E-state index contributed by atoms with van der Waals surface area (Å²) >= 11 is 6.30. The Morgan fingerprint density at radius 3 is 2.59 bits per heavy atom. The number of aryl methyl sites for hydroxylation is 1. The number of piperazine rings is 1. The number of rotatable bonds is 3. The summed E-state index contributed by atoms with van der Waals surface area (Å²) in [5.41, 5.74) is 1.90. The largest absolute Gasteiger partial charge is 0.295 e. The van der Waals surface area contributed by atoms with E-state index in [1.165, 1.54) is 4.31 Å². The van der Waals surface area contributed by atoms with E-state index in [9.17, 15) is 8.42 Å². The molecule has 1 aromatic heterocycles. The smallest absolute Gasteiger partial charge is 0.276 e. The molecular weight excluding hydrogens is 326 g/mol. The number of halogens is 1. The van der Waals surface area contributed by atoms with Crippen molar-refractivity contribution in [2.75, 3.05) is 26.2 Å². The highest BCUT2D eigenvalue weighted by atomic mass is 35.5. The summed E-state index contributed by atoms with van der Waals surface area (Å²) in [6.07, 6.45) is 0. The van der Waals surface area contributed by atoms with Crippen molar-refractivity contribution in [2.45, 2.75) is 6.54 Å². The summed E-state index contributed by atoms with van der Waals surface area (Å²) in [6, 6.07) is 5.74. The fourth-order valence-electron chi connectivity index (χ4n) is 2.82. The SMILES string of the molecule is Cn1nc(CN2CCN(S(N)(=O)=O)CC2)c2c(Cl)cccc21. The van der Waals surface area contributed by atoms with E-state index in [0.717, 1.165) is 16.6 Å². The molecule has 7 nitrogen and oxygen atoms in total. The second-order valence-electron chi connectivity index (χ2n) is 5.42. The summed E-state index contributed by atoms with van der Waals surface area (Å²) in [5.74, 6) is 0. The number of aromatic nitrogens is 2. The molecule has 1 aliphatic rings. The molecule has 0 amide bonds. The third kappa shape index (κ3) is 2.97. The third-order valence-corrected chi connectivity index (χ3v) is 5.36. The average molecular weight is 344 g/mol. The minimum absolute atomic E-state index is 0.400. The lowest BCUT2D eigenvalue weighted by molar-refractivity contribution is 0.180. The van der Waals surface area contributed by atoms with Crippen molar-refractivity contribution in [1.82, 2.24) is 19.0 Å². The Kier molecular flexibility index (Phi) is 4.13. The van der Waals surface area contributed by atoms with Gasteiger partial charge in [-0.2, -0.15) is 17.8 Å². The van der Waals surface area contributed by atoms with Gasteiger partial charge in [-0.3, -0.25) is 9.58 Å². The van der Waals surface area contributed by atoms with Gasteiger partial charge in [0.05, 0.1) is 16.2 Å².